The maximum absolute atomic E-state index is 13.8. The molecule has 0 unspecified atom stereocenters. The van der Waals surface area contributed by atoms with Crippen molar-refractivity contribution < 1.29 is 18.0 Å². The molecule has 4 rings (SSSR count). The molecule has 242 valence electrons. The molecule has 0 bridgehead atoms. The fourth-order valence-electron chi connectivity index (χ4n) is 6.04. The fourth-order valence-corrected chi connectivity index (χ4v) is 7.79. The molecule has 1 amide bonds. The van der Waals surface area contributed by atoms with E-state index in [9.17, 15) is 18.0 Å². The molecule has 2 aromatic carbocycles. The Kier molecular flexibility index (Phi) is 12.8. The lowest BCUT2D eigenvalue weighted by molar-refractivity contribution is -0.130. The van der Waals surface area contributed by atoms with E-state index in [-0.39, 0.29) is 29.5 Å². The Morgan fingerprint density at radius 1 is 1.00 bits per heavy atom. The molecule has 1 fully saturated rings. The van der Waals surface area contributed by atoms with Gasteiger partial charge in [-0.2, -0.15) is 0 Å². The molecule has 11 nitrogen and oxygen atoms in total. The van der Waals surface area contributed by atoms with Crippen molar-refractivity contribution in [1.29, 1.82) is 5.41 Å². The average Bonchev–Trinajstić information content (AvgIpc) is 3.56. The number of Topliss-reactive ketones (excluding diaryl/α,β-unsaturated/α-hetero) is 1. The normalized spacial score (nSPS) is 15.3. The van der Waals surface area contributed by atoms with Crippen LogP contribution >= 0.6 is 0 Å². The molecule has 12 heteroatoms. The van der Waals surface area contributed by atoms with Gasteiger partial charge in [0.1, 0.15) is 12.2 Å². The van der Waals surface area contributed by atoms with Gasteiger partial charge in [-0.05, 0) is 59.6 Å². The van der Waals surface area contributed by atoms with E-state index in [4.69, 9.17) is 11.1 Å². The third kappa shape index (κ3) is 11.5. The second-order valence-electron chi connectivity index (χ2n) is 12.2. The summed E-state index contributed by atoms with van der Waals surface area (Å²) >= 11 is 0. The van der Waals surface area contributed by atoms with E-state index in [1.165, 1.54) is 25.6 Å². The van der Waals surface area contributed by atoms with Crippen molar-refractivity contribution in [3.05, 3.63) is 77.6 Å². The maximum atomic E-state index is 13.8. The molecular weight excluding hydrogens is 590 g/mol. The molecule has 45 heavy (non-hydrogen) atoms. The number of carbonyl (C=O) groups excluding carboxylic acids is 2. The average molecular weight is 636 g/mol. The van der Waals surface area contributed by atoms with Gasteiger partial charge in [0.05, 0.1) is 23.5 Å². The van der Waals surface area contributed by atoms with Crippen LogP contribution in [0, 0.1) is 17.2 Å². The summed E-state index contributed by atoms with van der Waals surface area (Å²) in [6.45, 7) is 0.446. The summed E-state index contributed by atoms with van der Waals surface area (Å²) in [4.78, 5) is 27.4. The molecule has 1 heterocycles. The van der Waals surface area contributed by atoms with Crippen molar-refractivity contribution in [2.75, 3.05) is 5.75 Å². The molecule has 0 spiro atoms. The number of sulfone groups is 1. The number of tetrazole rings is 1. The molecule has 4 N–H and O–H groups in total. The summed E-state index contributed by atoms with van der Waals surface area (Å²) in [7, 11) is -3.62. The Morgan fingerprint density at radius 3 is 2.40 bits per heavy atom. The molecule has 1 aromatic heterocycles. The number of nitrogens with two attached hydrogens (primary N) is 1. The minimum atomic E-state index is -3.62. The first kappa shape index (κ1) is 34.0. The number of rotatable bonds is 18. The van der Waals surface area contributed by atoms with Crippen molar-refractivity contribution in [2.24, 2.45) is 17.6 Å². The first-order valence-corrected chi connectivity index (χ1v) is 17.7. The number of hydrogen-bond donors (Lipinski definition) is 3. The highest BCUT2D eigenvalue weighted by Gasteiger charge is 2.30. The van der Waals surface area contributed by atoms with Gasteiger partial charge in [-0.1, -0.05) is 86.7 Å². The van der Waals surface area contributed by atoms with Crippen LogP contribution in [0.15, 0.2) is 60.9 Å². The topological polar surface area (TPSA) is 174 Å². The van der Waals surface area contributed by atoms with Crippen LogP contribution in [0.4, 0.5) is 0 Å². The predicted molar refractivity (Wildman–Crippen MR) is 173 cm³/mol. The largest absolute Gasteiger partial charge is 0.384 e. The Labute approximate surface area is 265 Å². The minimum Gasteiger partial charge on any atom is -0.384 e. The van der Waals surface area contributed by atoms with Crippen molar-refractivity contribution in [2.45, 2.75) is 89.0 Å². The fraction of sp³-hybridized carbons (Fsp3) is 0.515. The number of nitrogens with zero attached hydrogens (tertiary/aromatic N) is 4. The lowest BCUT2D eigenvalue weighted by Gasteiger charge is -2.26. The van der Waals surface area contributed by atoms with E-state index < -0.39 is 27.7 Å². The third-order valence-corrected chi connectivity index (χ3v) is 10.3. The maximum Gasteiger partial charge on any atom is 0.224 e. The first-order valence-electron chi connectivity index (χ1n) is 15.9. The predicted octanol–water partition coefficient (Wildman–Crippen LogP) is 4.02. The zero-order valence-corrected chi connectivity index (χ0v) is 26.6. The van der Waals surface area contributed by atoms with Crippen molar-refractivity contribution >= 4 is 27.4 Å². The van der Waals surface area contributed by atoms with E-state index in [0.29, 0.717) is 49.3 Å². The second-order valence-corrected chi connectivity index (χ2v) is 14.3. The number of benzene rings is 2. The number of amidine groups is 1. The van der Waals surface area contributed by atoms with Gasteiger partial charge >= 0.3 is 0 Å². The highest BCUT2D eigenvalue weighted by molar-refractivity contribution is 7.90. The van der Waals surface area contributed by atoms with Gasteiger partial charge in [0, 0.05) is 18.5 Å². The van der Waals surface area contributed by atoms with E-state index >= 15 is 0 Å². The second kappa shape index (κ2) is 17.0. The van der Waals surface area contributed by atoms with Crippen LogP contribution in [0.2, 0.25) is 0 Å². The lowest BCUT2D eigenvalue weighted by Crippen LogP contribution is -2.45. The third-order valence-electron chi connectivity index (χ3n) is 8.61. The zero-order valence-electron chi connectivity index (χ0n) is 25.8. The highest BCUT2D eigenvalue weighted by atomic mass is 32.2. The van der Waals surface area contributed by atoms with E-state index in [2.05, 4.69) is 20.8 Å². The van der Waals surface area contributed by atoms with Gasteiger partial charge in [-0.25, -0.2) is 13.1 Å². The van der Waals surface area contributed by atoms with Crippen LogP contribution < -0.4 is 11.1 Å². The monoisotopic (exact) mass is 635 g/mol. The summed E-state index contributed by atoms with van der Waals surface area (Å²) in [6, 6.07) is 15.5. The number of hydrogen-bond acceptors (Lipinski definition) is 8. The van der Waals surface area contributed by atoms with Crippen LogP contribution in [-0.4, -0.2) is 57.9 Å². The number of aryl methyl sites for hydroxylation is 2. The minimum absolute atomic E-state index is 0.0126. The van der Waals surface area contributed by atoms with Crippen LogP contribution in [0.5, 0.6) is 0 Å². The van der Waals surface area contributed by atoms with Gasteiger partial charge in [-0.3, -0.25) is 15.0 Å². The van der Waals surface area contributed by atoms with E-state index in [1.807, 2.05) is 18.2 Å². The van der Waals surface area contributed by atoms with Crippen LogP contribution in [-0.2, 0) is 38.1 Å². The van der Waals surface area contributed by atoms with Gasteiger partial charge in [0.25, 0.3) is 0 Å². The number of aromatic nitrogens is 4. The molecule has 0 aliphatic heterocycles. The van der Waals surface area contributed by atoms with Gasteiger partial charge in [0.2, 0.25) is 5.91 Å². The van der Waals surface area contributed by atoms with Crippen molar-refractivity contribution in [3.63, 3.8) is 0 Å². The highest BCUT2D eigenvalue weighted by Crippen LogP contribution is 2.28. The summed E-state index contributed by atoms with van der Waals surface area (Å²) < 4.78 is 28.1. The molecular formula is C33H45N7O4S. The number of nitrogens with one attached hydrogen (secondary N) is 2. The SMILES string of the molecule is N=C(N)c1ccc(CCC(=O)[C@H](CCC2CCCCC2)NC(=O)[C@@H](CCCn2cnnn2)CS(=O)(=O)Cc2ccccc2)cc1. The van der Waals surface area contributed by atoms with Crippen LogP contribution in [0.3, 0.4) is 0 Å². The molecule has 0 saturated heterocycles. The van der Waals surface area contributed by atoms with E-state index in [1.54, 1.807) is 41.1 Å². The smallest absolute Gasteiger partial charge is 0.224 e. The number of amides is 1. The summed E-state index contributed by atoms with van der Waals surface area (Å²) in [5.41, 5.74) is 7.80. The lowest BCUT2D eigenvalue weighted by atomic mass is 9.84. The van der Waals surface area contributed by atoms with Crippen molar-refractivity contribution in [1.82, 2.24) is 25.5 Å². The molecule has 2 atom stereocenters. The zero-order chi connectivity index (χ0) is 32.1. The Bertz CT molecular complexity index is 1470. The quantitative estimate of drug-likeness (QED) is 0.139. The first-order chi connectivity index (χ1) is 21.7. The molecule has 1 saturated carbocycles. The summed E-state index contributed by atoms with van der Waals surface area (Å²) in [5, 5.41) is 21.7. The number of ketones is 1. The number of carbonyl (C=O) groups is 2. The Morgan fingerprint density at radius 2 is 1.73 bits per heavy atom. The molecule has 1 aliphatic carbocycles. The van der Waals surface area contributed by atoms with Gasteiger partial charge < -0.3 is 11.1 Å². The summed E-state index contributed by atoms with van der Waals surface area (Å²) in [5.74, 6) is -1.23. The summed E-state index contributed by atoms with van der Waals surface area (Å²) in [6.07, 6.45) is 10.3. The van der Waals surface area contributed by atoms with E-state index in [0.717, 1.165) is 24.8 Å². The molecule has 1 aliphatic rings. The van der Waals surface area contributed by atoms with Crippen LogP contribution in [0.25, 0.3) is 0 Å². The van der Waals surface area contributed by atoms with Gasteiger partial charge in [-0.15, -0.1) is 5.10 Å². The standard InChI is InChI=1S/C33H45N7O4S/c34-32(35)28-17-13-26(14-18-28)16-20-31(41)30(19-15-25-8-3-1-4-9-25)37-33(42)29(12-7-21-40-24-36-38-39-40)23-45(43,44)22-27-10-5-2-6-11-27/h2,5-6,10-11,13-14,17-18,24-25,29-30H,1,3-4,7-9,12,15-16,19-23H2,(H3,34,35)(H,37,42)/t29-,30-/m0/s1. The molecule has 3 aromatic rings. The van der Waals surface area contributed by atoms with Gasteiger partial charge in [0.15, 0.2) is 15.6 Å². The van der Waals surface area contributed by atoms with Crippen molar-refractivity contribution in [3.8, 4) is 0 Å². The molecule has 0 radical (unpaired) electrons. The Hall–Kier alpha value is -3.93. The number of nitrogen functional groups attached to an aromatic ring is 1. The Balaban J connectivity index is 1.45. The van der Waals surface area contributed by atoms with Crippen LogP contribution in [0.1, 0.15) is 80.9 Å².